The first-order valence-corrected chi connectivity index (χ1v) is 5.57. The lowest BCUT2D eigenvalue weighted by Crippen LogP contribution is -1.95. The lowest BCUT2D eigenvalue weighted by atomic mass is 10.0. The zero-order chi connectivity index (χ0) is 10.7. The van der Waals surface area contributed by atoms with Gasteiger partial charge in [0.1, 0.15) is 0 Å². The molecule has 1 unspecified atom stereocenters. The number of H-pyrrole nitrogens is 1. The molecule has 1 aromatic heterocycles. The number of hydrogen-bond donors (Lipinski definition) is 2. The van der Waals surface area contributed by atoms with Gasteiger partial charge in [0, 0.05) is 22.7 Å². The lowest BCUT2D eigenvalue weighted by Gasteiger charge is -2.08. The molecule has 2 N–H and O–H groups in total. The molecule has 2 heteroatoms. The van der Waals surface area contributed by atoms with E-state index in [4.69, 9.17) is 0 Å². The zero-order valence-electron chi connectivity index (χ0n) is 9.03. The molecule has 0 aliphatic carbocycles. The van der Waals surface area contributed by atoms with Gasteiger partial charge in [0.05, 0.1) is 6.10 Å². The number of rotatable bonds is 4. The molecule has 2 nitrogen and oxygen atoms in total. The number of fused-ring (bicyclic) bond motifs is 1. The Balaban J connectivity index is 2.27. The van der Waals surface area contributed by atoms with Crippen molar-refractivity contribution in [1.82, 2.24) is 4.98 Å². The van der Waals surface area contributed by atoms with Crippen LogP contribution in [0.4, 0.5) is 0 Å². The van der Waals surface area contributed by atoms with E-state index in [1.165, 1.54) is 0 Å². The summed E-state index contributed by atoms with van der Waals surface area (Å²) in [6, 6.07) is 8.09. The molecule has 0 bridgehead atoms. The molecule has 1 aromatic carbocycles. The average molecular weight is 203 g/mol. The number of nitrogens with one attached hydrogen (secondary N) is 1. The van der Waals surface area contributed by atoms with Crippen LogP contribution >= 0.6 is 0 Å². The largest absolute Gasteiger partial charge is 0.388 e. The first-order valence-electron chi connectivity index (χ1n) is 5.57. The number of benzene rings is 1. The number of aromatic amines is 1. The number of aliphatic hydroxyl groups excluding tert-OH is 1. The SMILES string of the molecule is CCCCC(O)c1c[nH]c2ccccc12. The Labute approximate surface area is 89.9 Å². The highest BCUT2D eigenvalue weighted by molar-refractivity contribution is 5.83. The Morgan fingerprint density at radius 1 is 1.33 bits per heavy atom. The molecular weight excluding hydrogens is 186 g/mol. The molecular formula is C13H17NO. The van der Waals surface area contributed by atoms with Gasteiger partial charge in [-0.25, -0.2) is 0 Å². The average Bonchev–Trinajstić information content (AvgIpc) is 2.69. The summed E-state index contributed by atoms with van der Waals surface area (Å²) in [5.74, 6) is 0. The topological polar surface area (TPSA) is 36.0 Å². The van der Waals surface area contributed by atoms with Gasteiger partial charge in [-0.15, -0.1) is 0 Å². The van der Waals surface area contributed by atoms with Crippen molar-refractivity contribution in [1.29, 1.82) is 0 Å². The van der Waals surface area contributed by atoms with Crippen molar-refractivity contribution in [3.8, 4) is 0 Å². The van der Waals surface area contributed by atoms with E-state index >= 15 is 0 Å². The fourth-order valence-electron chi connectivity index (χ4n) is 1.92. The number of hydrogen-bond acceptors (Lipinski definition) is 1. The monoisotopic (exact) mass is 203 g/mol. The minimum atomic E-state index is -0.332. The molecule has 2 aromatic rings. The summed E-state index contributed by atoms with van der Waals surface area (Å²) in [4.78, 5) is 3.19. The zero-order valence-corrected chi connectivity index (χ0v) is 9.03. The Kier molecular flexibility index (Phi) is 3.07. The second-order valence-corrected chi connectivity index (χ2v) is 3.95. The van der Waals surface area contributed by atoms with Gasteiger partial charge in [-0.05, 0) is 12.5 Å². The summed E-state index contributed by atoms with van der Waals surface area (Å²) in [7, 11) is 0. The van der Waals surface area contributed by atoms with Gasteiger partial charge in [-0.1, -0.05) is 38.0 Å². The molecule has 0 saturated heterocycles. The number of aromatic nitrogens is 1. The van der Waals surface area contributed by atoms with Crippen LogP contribution in [0.2, 0.25) is 0 Å². The highest BCUT2D eigenvalue weighted by Crippen LogP contribution is 2.26. The maximum absolute atomic E-state index is 10.0. The fraction of sp³-hybridized carbons (Fsp3) is 0.385. The van der Waals surface area contributed by atoms with Crippen LogP contribution in [0, 0.1) is 0 Å². The van der Waals surface area contributed by atoms with Crippen LogP contribution in [0.5, 0.6) is 0 Å². The van der Waals surface area contributed by atoms with Crippen molar-refractivity contribution in [2.24, 2.45) is 0 Å². The van der Waals surface area contributed by atoms with E-state index in [1.807, 2.05) is 24.4 Å². The summed E-state index contributed by atoms with van der Waals surface area (Å²) in [5, 5.41) is 11.2. The smallest absolute Gasteiger partial charge is 0.0810 e. The third-order valence-corrected chi connectivity index (χ3v) is 2.81. The van der Waals surface area contributed by atoms with E-state index in [2.05, 4.69) is 18.0 Å². The minimum absolute atomic E-state index is 0.332. The number of aliphatic hydroxyl groups is 1. The lowest BCUT2D eigenvalue weighted by molar-refractivity contribution is 0.166. The maximum atomic E-state index is 10.0. The fourth-order valence-corrected chi connectivity index (χ4v) is 1.92. The van der Waals surface area contributed by atoms with Crippen molar-refractivity contribution >= 4 is 10.9 Å². The second kappa shape index (κ2) is 4.49. The molecule has 80 valence electrons. The van der Waals surface area contributed by atoms with Gasteiger partial charge in [0.15, 0.2) is 0 Å². The van der Waals surface area contributed by atoms with Crippen LogP contribution in [-0.4, -0.2) is 10.1 Å². The molecule has 2 rings (SSSR count). The van der Waals surface area contributed by atoms with E-state index in [0.717, 1.165) is 35.7 Å². The normalized spacial score (nSPS) is 13.2. The van der Waals surface area contributed by atoms with Crippen molar-refractivity contribution < 1.29 is 5.11 Å². The standard InChI is InChI=1S/C13H17NO/c1-2-3-8-13(15)11-9-14-12-7-5-4-6-10(11)12/h4-7,9,13-15H,2-3,8H2,1H3. The Hall–Kier alpha value is -1.28. The molecule has 1 heterocycles. The van der Waals surface area contributed by atoms with E-state index in [1.54, 1.807) is 0 Å². The molecule has 0 spiro atoms. The maximum Gasteiger partial charge on any atom is 0.0810 e. The van der Waals surface area contributed by atoms with Crippen molar-refractivity contribution in [2.75, 3.05) is 0 Å². The Morgan fingerprint density at radius 2 is 2.13 bits per heavy atom. The number of unbranched alkanes of at least 4 members (excludes halogenated alkanes) is 1. The summed E-state index contributed by atoms with van der Waals surface area (Å²) < 4.78 is 0. The van der Waals surface area contributed by atoms with Crippen LogP contribution in [0.15, 0.2) is 30.5 Å². The molecule has 0 aliphatic heterocycles. The van der Waals surface area contributed by atoms with Gasteiger partial charge in [-0.2, -0.15) is 0 Å². The van der Waals surface area contributed by atoms with Gasteiger partial charge in [0.2, 0.25) is 0 Å². The van der Waals surface area contributed by atoms with Gasteiger partial charge in [0.25, 0.3) is 0 Å². The summed E-state index contributed by atoms with van der Waals surface area (Å²) in [5.41, 5.74) is 2.13. The molecule has 0 radical (unpaired) electrons. The Bertz CT molecular complexity index is 433. The molecule has 0 amide bonds. The predicted octanol–water partition coefficient (Wildman–Crippen LogP) is 3.39. The minimum Gasteiger partial charge on any atom is -0.388 e. The van der Waals surface area contributed by atoms with Crippen molar-refractivity contribution in [3.63, 3.8) is 0 Å². The van der Waals surface area contributed by atoms with Gasteiger partial charge < -0.3 is 10.1 Å². The van der Waals surface area contributed by atoms with Crippen LogP contribution in [0.1, 0.15) is 37.9 Å². The van der Waals surface area contributed by atoms with E-state index in [-0.39, 0.29) is 6.10 Å². The summed E-state index contributed by atoms with van der Waals surface area (Å²) >= 11 is 0. The molecule has 15 heavy (non-hydrogen) atoms. The van der Waals surface area contributed by atoms with Crippen LogP contribution in [0.3, 0.4) is 0 Å². The third-order valence-electron chi connectivity index (χ3n) is 2.81. The third kappa shape index (κ3) is 2.05. The Morgan fingerprint density at radius 3 is 2.93 bits per heavy atom. The second-order valence-electron chi connectivity index (χ2n) is 3.95. The highest BCUT2D eigenvalue weighted by Gasteiger charge is 2.11. The highest BCUT2D eigenvalue weighted by atomic mass is 16.3. The molecule has 0 fully saturated rings. The first-order chi connectivity index (χ1) is 7.33. The van der Waals surface area contributed by atoms with E-state index in [0.29, 0.717) is 0 Å². The first kappa shape index (κ1) is 10.2. The molecule has 0 saturated carbocycles. The summed E-state index contributed by atoms with van der Waals surface area (Å²) in [6.45, 7) is 2.14. The van der Waals surface area contributed by atoms with Gasteiger partial charge >= 0.3 is 0 Å². The number of para-hydroxylation sites is 1. The van der Waals surface area contributed by atoms with Crippen LogP contribution in [0.25, 0.3) is 10.9 Å². The predicted molar refractivity (Wildman–Crippen MR) is 62.8 cm³/mol. The van der Waals surface area contributed by atoms with E-state index < -0.39 is 0 Å². The molecule has 0 aliphatic rings. The van der Waals surface area contributed by atoms with Crippen molar-refractivity contribution in [2.45, 2.75) is 32.3 Å². The molecule has 1 atom stereocenters. The van der Waals surface area contributed by atoms with Crippen LogP contribution in [-0.2, 0) is 0 Å². The van der Waals surface area contributed by atoms with Gasteiger partial charge in [-0.3, -0.25) is 0 Å². The van der Waals surface area contributed by atoms with Crippen LogP contribution < -0.4 is 0 Å². The quantitative estimate of drug-likeness (QED) is 0.785. The van der Waals surface area contributed by atoms with Crippen molar-refractivity contribution in [3.05, 3.63) is 36.0 Å². The van der Waals surface area contributed by atoms with E-state index in [9.17, 15) is 5.11 Å². The summed E-state index contributed by atoms with van der Waals surface area (Å²) in [6.07, 6.45) is 4.63.